The van der Waals surface area contributed by atoms with Gasteiger partial charge in [-0.25, -0.2) is 0 Å². The molecule has 2 aromatic carbocycles. The van der Waals surface area contributed by atoms with Crippen molar-refractivity contribution in [1.29, 1.82) is 0 Å². The van der Waals surface area contributed by atoms with Gasteiger partial charge < -0.3 is 5.32 Å². The van der Waals surface area contributed by atoms with E-state index in [-0.39, 0.29) is 5.41 Å². The Hall–Kier alpha value is -1.34. The Labute approximate surface area is 129 Å². The molecule has 0 amide bonds. The van der Waals surface area contributed by atoms with Crippen LogP contribution in [-0.2, 0) is 0 Å². The molecule has 1 nitrogen and oxygen atoms in total. The van der Waals surface area contributed by atoms with Crippen LogP contribution in [0.25, 0.3) is 10.8 Å². The molecule has 0 aliphatic carbocycles. The molecule has 0 aliphatic rings. The summed E-state index contributed by atoms with van der Waals surface area (Å²) in [5.41, 5.74) is 3.04. The maximum Gasteiger partial charge on any atom is 0.0377 e. The van der Waals surface area contributed by atoms with E-state index in [1.54, 1.807) is 0 Å². The molecular formula is C20H29N. The van der Waals surface area contributed by atoms with Gasteiger partial charge in [-0.1, -0.05) is 64.1 Å². The molecule has 2 aromatic rings. The van der Waals surface area contributed by atoms with Crippen LogP contribution in [0.4, 0.5) is 0 Å². The van der Waals surface area contributed by atoms with E-state index >= 15 is 0 Å². The van der Waals surface area contributed by atoms with E-state index in [1.165, 1.54) is 28.3 Å². The molecule has 0 aromatic heterocycles. The first kappa shape index (κ1) is 16.0. The van der Waals surface area contributed by atoms with Crippen molar-refractivity contribution in [3.05, 3.63) is 47.5 Å². The molecule has 2 rings (SSSR count). The molecule has 0 saturated heterocycles. The Kier molecular flexibility index (Phi) is 5.05. The van der Waals surface area contributed by atoms with Crippen molar-refractivity contribution in [3.8, 4) is 0 Å². The van der Waals surface area contributed by atoms with E-state index < -0.39 is 0 Å². The van der Waals surface area contributed by atoms with Crippen LogP contribution in [0.15, 0.2) is 36.4 Å². The lowest BCUT2D eigenvalue weighted by Gasteiger charge is -2.35. The molecular weight excluding hydrogens is 254 g/mol. The van der Waals surface area contributed by atoms with Gasteiger partial charge in [-0.15, -0.1) is 0 Å². The van der Waals surface area contributed by atoms with Gasteiger partial charge >= 0.3 is 0 Å². The zero-order valence-electron chi connectivity index (χ0n) is 14.2. The van der Waals surface area contributed by atoms with Crippen LogP contribution < -0.4 is 5.32 Å². The minimum Gasteiger partial charge on any atom is -0.309 e. The maximum absolute atomic E-state index is 3.79. The van der Waals surface area contributed by atoms with Crippen molar-refractivity contribution in [2.75, 3.05) is 6.54 Å². The fourth-order valence-corrected chi connectivity index (χ4v) is 3.02. The van der Waals surface area contributed by atoms with Gasteiger partial charge in [0.1, 0.15) is 0 Å². The van der Waals surface area contributed by atoms with Gasteiger partial charge in [-0.3, -0.25) is 0 Å². The predicted octanol–water partition coefficient (Wildman–Crippen LogP) is 5.63. The summed E-state index contributed by atoms with van der Waals surface area (Å²) in [6.07, 6.45) is 2.33. The van der Waals surface area contributed by atoms with Gasteiger partial charge in [0.2, 0.25) is 0 Å². The second kappa shape index (κ2) is 6.62. The molecule has 0 aliphatic heterocycles. The Bertz CT molecular complexity index is 598. The molecule has 0 saturated carbocycles. The van der Waals surface area contributed by atoms with E-state index in [4.69, 9.17) is 0 Å². The molecule has 114 valence electrons. The van der Waals surface area contributed by atoms with E-state index in [0.29, 0.717) is 6.04 Å². The van der Waals surface area contributed by atoms with Gasteiger partial charge in [0.15, 0.2) is 0 Å². The summed E-state index contributed by atoms with van der Waals surface area (Å²) in [6, 6.07) is 13.8. The number of aryl methyl sites for hydroxylation is 1. The van der Waals surface area contributed by atoms with E-state index in [1.807, 2.05) is 0 Å². The molecule has 1 N–H and O–H groups in total. The molecule has 1 atom stereocenters. The summed E-state index contributed by atoms with van der Waals surface area (Å²) in [4.78, 5) is 0. The normalized spacial score (nSPS) is 13.6. The quantitative estimate of drug-likeness (QED) is 0.725. The average molecular weight is 283 g/mol. The van der Waals surface area contributed by atoms with Crippen molar-refractivity contribution in [3.63, 3.8) is 0 Å². The van der Waals surface area contributed by atoms with Gasteiger partial charge in [0.25, 0.3) is 0 Å². The number of hydrogen-bond donors (Lipinski definition) is 1. The van der Waals surface area contributed by atoms with Crippen LogP contribution in [0, 0.1) is 12.3 Å². The highest BCUT2D eigenvalue weighted by Gasteiger charge is 2.29. The zero-order chi connectivity index (χ0) is 15.5. The zero-order valence-corrected chi connectivity index (χ0v) is 14.2. The van der Waals surface area contributed by atoms with Crippen LogP contribution in [0.5, 0.6) is 0 Å². The highest BCUT2D eigenvalue weighted by molar-refractivity contribution is 5.89. The van der Waals surface area contributed by atoms with Crippen molar-refractivity contribution >= 4 is 10.8 Å². The van der Waals surface area contributed by atoms with Crippen molar-refractivity contribution < 1.29 is 0 Å². The van der Waals surface area contributed by atoms with Crippen LogP contribution in [0.1, 0.15) is 57.7 Å². The summed E-state index contributed by atoms with van der Waals surface area (Å²) >= 11 is 0. The minimum atomic E-state index is 0.243. The standard InChI is InChI=1S/C20H29N/c1-6-14-21-19(20(4,5)7-2)18-13-12-15(3)16-10-8-9-11-17(16)18/h8-13,19,21H,6-7,14H2,1-5H3. The van der Waals surface area contributed by atoms with Crippen molar-refractivity contribution in [2.24, 2.45) is 5.41 Å². The van der Waals surface area contributed by atoms with E-state index in [9.17, 15) is 0 Å². The largest absolute Gasteiger partial charge is 0.309 e. The molecule has 1 unspecified atom stereocenters. The summed E-state index contributed by atoms with van der Waals surface area (Å²) in [5.74, 6) is 0. The molecule has 0 fully saturated rings. The first-order chi connectivity index (χ1) is 10.0. The number of benzene rings is 2. The third-order valence-corrected chi connectivity index (χ3v) is 4.78. The predicted molar refractivity (Wildman–Crippen MR) is 93.8 cm³/mol. The molecule has 0 radical (unpaired) electrons. The Morgan fingerprint density at radius 2 is 1.67 bits per heavy atom. The van der Waals surface area contributed by atoms with E-state index in [2.05, 4.69) is 76.3 Å². The van der Waals surface area contributed by atoms with Crippen LogP contribution in [-0.4, -0.2) is 6.54 Å². The van der Waals surface area contributed by atoms with Crippen molar-refractivity contribution in [1.82, 2.24) is 5.32 Å². The lowest BCUT2D eigenvalue weighted by molar-refractivity contribution is 0.236. The summed E-state index contributed by atoms with van der Waals surface area (Å²) < 4.78 is 0. The average Bonchev–Trinajstić information content (AvgIpc) is 2.49. The SMILES string of the molecule is CCCNC(c1ccc(C)c2ccccc12)C(C)(C)CC. The Morgan fingerprint density at radius 3 is 2.29 bits per heavy atom. The fraction of sp³-hybridized carbons (Fsp3) is 0.500. The maximum atomic E-state index is 3.79. The van der Waals surface area contributed by atoms with Gasteiger partial charge in [0, 0.05) is 6.04 Å². The Morgan fingerprint density at radius 1 is 1.00 bits per heavy atom. The smallest absolute Gasteiger partial charge is 0.0377 e. The lowest BCUT2D eigenvalue weighted by atomic mass is 9.76. The third-order valence-electron chi connectivity index (χ3n) is 4.78. The summed E-state index contributed by atoms with van der Waals surface area (Å²) in [6.45, 7) is 12.5. The first-order valence-corrected chi connectivity index (χ1v) is 8.23. The highest BCUT2D eigenvalue weighted by Crippen LogP contribution is 2.39. The van der Waals surface area contributed by atoms with Crippen LogP contribution in [0.3, 0.4) is 0 Å². The second-order valence-electron chi connectivity index (χ2n) is 6.75. The van der Waals surface area contributed by atoms with Gasteiger partial charge in [-0.05, 0) is 53.6 Å². The monoisotopic (exact) mass is 283 g/mol. The topological polar surface area (TPSA) is 12.0 Å². The third kappa shape index (κ3) is 3.29. The van der Waals surface area contributed by atoms with Crippen LogP contribution in [0.2, 0.25) is 0 Å². The number of fused-ring (bicyclic) bond motifs is 1. The lowest BCUT2D eigenvalue weighted by Crippen LogP contribution is -2.34. The first-order valence-electron chi connectivity index (χ1n) is 8.23. The minimum absolute atomic E-state index is 0.243. The highest BCUT2D eigenvalue weighted by atomic mass is 14.9. The number of hydrogen-bond acceptors (Lipinski definition) is 1. The summed E-state index contributed by atoms with van der Waals surface area (Å²) in [7, 11) is 0. The van der Waals surface area contributed by atoms with Crippen molar-refractivity contribution in [2.45, 2.75) is 53.5 Å². The molecule has 1 heteroatoms. The Balaban J connectivity index is 2.57. The van der Waals surface area contributed by atoms with Crippen LogP contribution >= 0.6 is 0 Å². The molecule has 21 heavy (non-hydrogen) atoms. The second-order valence-corrected chi connectivity index (χ2v) is 6.75. The molecule has 0 heterocycles. The molecule has 0 bridgehead atoms. The number of rotatable bonds is 6. The fourth-order valence-electron chi connectivity index (χ4n) is 3.02. The number of nitrogens with one attached hydrogen (secondary N) is 1. The van der Waals surface area contributed by atoms with Gasteiger partial charge in [-0.2, -0.15) is 0 Å². The van der Waals surface area contributed by atoms with Gasteiger partial charge in [0.05, 0.1) is 0 Å². The summed E-state index contributed by atoms with van der Waals surface area (Å²) in [5, 5.41) is 6.56. The molecule has 0 spiro atoms. The van der Waals surface area contributed by atoms with E-state index in [0.717, 1.165) is 13.0 Å².